The van der Waals surface area contributed by atoms with Crippen molar-refractivity contribution in [1.82, 2.24) is 10.2 Å². The summed E-state index contributed by atoms with van der Waals surface area (Å²) in [5.74, 6) is -0.895. The highest BCUT2D eigenvalue weighted by atomic mass is 32.1. The maximum atomic E-state index is 12.7. The Morgan fingerprint density at radius 3 is 2.61 bits per heavy atom. The Labute approximate surface area is 169 Å². The number of β-lactam (4-membered cyclic amide) rings is 1. The fourth-order valence-corrected chi connectivity index (χ4v) is 4.01. The van der Waals surface area contributed by atoms with E-state index in [0.29, 0.717) is 6.42 Å². The number of carbonyl (C=O) groups is 3. The molecule has 0 aromatic heterocycles. The molecule has 1 unspecified atom stereocenters. The third-order valence-corrected chi connectivity index (χ3v) is 5.83. The van der Waals surface area contributed by atoms with Crippen LogP contribution in [-0.2, 0) is 19.1 Å². The zero-order chi connectivity index (χ0) is 21.3. The lowest BCUT2D eigenvalue weighted by atomic mass is 9.82. The number of rotatable bonds is 6. The van der Waals surface area contributed by atoms with Crippen molar-refractivity contribution >= 4 is 30.6 Å². The van der Waals surface area contributed by atoms with Gasteiger partial charge in [-0.15, -0.1) is 0 Å². The summed E-state index contributed by atoms with van der Waals surface area (Å²) >= 11 is 4.63. The SMILES string of the molecule is CC(C)(C)OC(=O)N[C@H]1C(=O)N2[C@H]1C(S)C(C)(C)[C@H]2C(=O)OCCCN=[N+]=[N-]. The first-order valence-electron chi connectivity index (χ1n) is 9.09. The number of carbonyl (C=O) groups excluding carboxylic acids is 3. The minimum Gasteiger partial charge on any atom is -0.464 e. The standard InChI is InChI=1S/C17H27N5O5S/c1-16(2,3)27-15(25)20-9-10-12(28)17(4,5)11(22(10)13(9)23)14(24)26-8-6-7-19-21-18/h9-12,28H,6-8H2,1-5H3,(H,20,25)/t9-,10-,11-,12?/m1/s1. The predicted molar refractivity (Wildman–Crippen MR) is 104 cm³/mol. The topological polar surface area (TPSA) is 134 Å². The van der Waals surface area contributed by atoms with Crippen LogP contribution in [0.3, 0.4) is 0 Å². The maximum Gasteiger partial charge on any atom is 0.408 e. The number of alkyl carbamates (subject to hydrolysis) is 1. The van der Waals surface area contributed by atoms with Gasteiger partial charge in [0.05, 0.1) is 12.6 Å². The molecule has 11 heteroatoms. The van der Waals surface area contributed by atoms with E-state index in [9.17, 15) is 14.4 Å². The second-order valence-electron chi connectivity index (χ2n) is 8.50. The van der Waals surface area contributed by atoms with Crippen molar-refractivity contribution in [2.75, 3.05) is 13.2 Å². The summed E-state index contributed by atoms with van der Waals surface area (Å²) in [6.45, 7) is 9.19. The first-order chi connectivity index (χ1) is 12.9. The molecule has 0 aromatic carbocycles. The average Bonchev–Trinajstić information content (AvgIpc) is 2.75. The van der Waals surface area contributed by atoms with Crippen LogP contribution >= 0.6 is 12.6 Å². The second-order valence-corrected chi connectivity index (χ2v) is 9.06. The van der Waals surface area contributed by atoms with Crippen LogP contribution in [0.5, 0.6) is 0 Å². The van der Waals surface area contributed by atoms with Crippen LogP contribution in [0.1, 0.15) is 41.0 Å². The molecule has 2 fully saturated rings. The summed E-state index contributed by atoms with van der Waals surface area (Å²) in [5.41, 5.74) is 6.91. The highest BCUT2D eigenvalue weighted by Crippen LogP contribution is 2.49. The van der Waals surface area contributed by atoms with Gasteiger partial charge in [0.25, 0.3) is 0 Å². The molecule has 156 valence electrons. The van der Waals surface area contributed by atoms with E-state index in [2.05, 4.69) is 28.0 Å². The molecule has 28 heavy (non-hydrogen) atoms. The highest BCUT2D eigenvalue weighted by Gasteiger charge is 2.68. The molecule has 0 bridgehead atoms. The molecule has 2 heterocycles. The van der Waals surface area contributed by atoms with Gasteiger partial charge in [0.1, 0.15) is 17.7 Å². The maximum absolute atomic E-state index is 12.7. The van der Waals surface area contributed by atoms with Gasteiger partial charge in [0.2, 0.25) is 5.91 Å². The lowest BCUT2D eigenvalue weighted by Crippen LogP contribution is -2.72. The molecule has 2 aliphatic heterocycles. The molecule has 4 atom stereocenters. The number of amides is 2. The molecule has 0 radical (unpaired) electrons. The summed E-state index contributed by atoms with van der Waals surface area (Å²) in [6, 6.07) is -2.03. The number of esters is 1. The van der Waals surface area contributed by atoms with Crippen molar-refractivity contribution in [3.05, 3.63) is 10.4 Å². The normalized spacial score (nSPS) is 27.9. The van der Waals surface area contributed by atoms with Gasteiger partial charge in [0, 0.05) is 22.1 Å². The van der Waals surface area contributed by atoms with Crippen LogP contribution in [0.25, 0.3) is 10.4 Å². The molecule has 0 aromatic rings. The minimum absolute atomic E-state index is 0.0912. The van der Waals surface area contributed by atoms with Gasteiger partial charge in [0.15, 0.2) is 0 Å². The minimum atomic E-state index is -0.802. The van der Waals surface area contributed by atoms with E-state index in [1.807, 2.05) is 13.8 Å². The van der Waals surface area contributed by atoms with Gasteiger partial charge in [-0.2, -0.15) is 12.6 Å². The van der Waals surface area contributed by atoms with Crippen LogP contribution in [0.4, 0.5) is 4.79 Å². The number of nitrogens with one attached hydrogen (secondary N) is 1. The largest absolute Gasteiger partial charge is 0.464 e. The molecule has 0 spiro atoms. The van der Waals surface area contributed by atoms with Crippen molar-refractivity contribution in [2.24, 2.45) is 10.5 Å². The smallest absolute Gasteiger partial charge is 0.408 e. The molecule has 2 amide bonds. The number of nitrogens with zero attached hydrogens (tertiary/aromatic N) is 4. The second kappa shape index (κ2) is 8.08. The Hall–Kier alpha value is -2.13. The molecule has 2 saturated heterocycles. The molecular weight excluding hydrogens is 386 g/mol. The third kappa shape index (κ3) is 4.30. The number of thiol groups is 1. The molecular formula is C17H27N5O5S. The van der Waals surface area contributed by atoms with E-state index in [0.717, 1.165) is 0 Å². The van der Waals surface area contributed by atoms with Gasteiger partial charge in [-0.05, 0) is 32.7 Å². The van der Waals surface area contributed by atoms with E-state index >= 15 is 0 Å². The van der Waals surface area contributed by atoms with Crippen LogP contribution in [-0.4, -0.2) is 65.0 Å². The van der Waals surface area contributed by atoms with E-state index in [1.165, 1.54) is 4.90 Å². The Morgan fingerprint density at radius 1 is 1.39 bits per heavy atom. The van der Waals surface area contributed by atoms with E-state index < -0.39 is 41.2 Å². The van der Waals surface area contributed by atoms with Gasteiger partial charge < -0.3 is 19.7 Å². The van der Waals surface area contributed by atoms with Crippen LogP contribution in [0.15, 0.2) is 5.11 Å². The Balaban J connectivity index is 2.05. The predicted octanol–water partition coefficient (Wildman–Crippen LogP) is 2.04. The first kappa shape index (κ1) is 22.2. The summed E-state index contributed by atoms with van der Waals surface area (Å²) in [4.78, 5) is 41.4. The molecule has 0 saturated carbocycles. The Kier molecular flexibility index (Phi) is 6.40. The lowest BCUT2D eigenvalue weighted by molar-refractivity contribution is -0.165. The van der Waals surface area contributed by atoms with Gasteiger partial charge in [-0.1, -0.05) is 19.0 Å². The number of ether oxygens (including phenoxy) is 2. The van der Waals surface area contributed by atoms with Crippen molar-refractivity contribution in [1.29, 1.82) is 0 Å². The van der Waals surface area contributed by atoms with Gasteiger partial charge in [-0.3, -0.25) is 4.79 Å². The summed E-state index contributed by atoms with van der Waals surface area (Å²) < 4.78 is 10.5. The zero-order valence-corrected chi connectivity index (χ0v) is 17.6. The number of hydrogen-bond acceptors (Lipinski definition) is 7. The first-order valence-corrected chi connectivity index (χ1v) is 9.60. The van der Waals surface area contributed by atoms with Crippen molar-refractivity contribution in [2.45, 2.75) is 70.0 Å². The Morgan fingerprint density at radius 2 is 2.04 bits per heavy atom. The van der Waals surface area contributed by atoms with Crippen molar-refractivity contribution in [3.8, 4) is 0 Å². The molecule has 0 aliphatic carbocycles. The number of fused-ring (bicyclic) bond motifs is 1. The van der Waals surface area contributed by atoms with Crippen molar-refractivity contribution < 1.29 is 23.9 Å². The summed E-state index contributed by atoms with van der Waals surface area (Å²) in [7, 11) is 0. The van der Waals surface area contributed by atoms with Gasteiger partial charge >= 0.3 is 12.1 Å². The molecule has 10 nitrogen and oxygen atoms in total. The van der Waals surface area contributed by atoms with E-state index in [1.54, 1.807) is 20.8 Å². The molecule has 1 N–H and O–H groups in total. The number of hydrogen-bond donors (Lipinski definition) is 2. The van der Waals surface area contributed by atoms with Gasteiger partial charge in [-0.25, -0.2) is 9.59 Å². The van der Waals surface area contributed by atoms with Crippen molar-refractivity contribution in [3.63, 3.8) is 0 Å². The van der Waals surface area contributed by atoms with Crippen LogP contribution in [0.2, 0.25) is 0 Å². The highest BCUT2D eigenvalue weighted by molar-refractivity contribution is 7.81. The lowest BCUT2D eigenvalue weighted by Gasteiger charge is -2.45. The third-order valence-electron chi connectivity index (χ3n) is 4.86. The monoisotopic (exact) mass is 413 g/mol. The molecule has 2 aliphatic rings. The van der Waals surface area contributed by atoms with E-state index in [-0.39, 0.29) is 24.3 Å². The number of azide groups is 1. The van der Waals surface area contributed by atoms with Crippen LogP contribution in [0, 0.1) is 5.41 Å². The fraction of sp³-hybridized carbons (Fsp3) is 0.824. The van der Waals surface area contributed by atoms with E-state index in [4.69, 9.17) is 15.0 Å². The summed E-state index contributed by atoms with van der Waals surface area (Å²) in [6.07, 6.45) is -0.291. The summed E-state index contributed by atoms with van der Waals surface area (Å²) in [5, 5.41) is 5.63. The quantitative estimate of drug-likeness (QED) is 0.131. The fourth-order valence-electron chi connectivity index (χ4n) is 3.56. The zero-order valence-electron chi connectivity index (χ0n) is 16.7. The average molecular weight is 414 g/mol. The Bertz CT molecular complexity index is 701. The molecule has 2 rings (SSSR count). The van der Waals surface area contributed by atoms with Crippen LogP contribution < -0.4 is 5.32 Å².